The van der Waals surface area contributed by atoms with Crippen LogP contribution in [-0.2, 0) is 12.8 Å². The van der Waals surface area contributed by atoms with Crippen LogP contribution in [0.1, 0.15) is 35.3 Å². The fourth-order valence-corrected chi connectivity index (χ4v) is 1.83. The van der Waals surface area contributed by atoms with E-state index in [2.05, 4.69) is 38.1 Å². The number of benzene rings is 2. The molecule has 2 nitrogen and oxygen atoms in total. The summed E-state index contributed by atoms with van der Waals surface area (Å²) in [4.78, 5) is 10.2. The Labute approximate surface area is 114 Å². The van der Waals surface area contributed by atoms with Crippen molar-refractivity contribution in [3.8, 4) is 0 Å². The molecule has 0 unspecified atom stereocenters. The van der Waals surface area contributed by atoms with Gasteiger partial charge < -0.3 is 5.11 Å². The van der Waals surface area contributed by atoms with Gasteiger partial charge in [0.25, 0.3) is 0 Å². The molecule has 0 fully saturated rings. The van der Waals surface area contributed by atoms with Gasteiger partial charge in [-0.2, -0.15) is 0 Å². The van der Waals surface area contributed by atoms with Gasteiger partial charge in [0.15, 0.2) is 0 Å². The van der Waals surface area contributed by atoms with Gasteiger partial charge in [0.05, 0.1) is 5.56 Å². The average Bonchev–Trinajstić information content (AvgIpc) is 2.48. The molecule has 0 aliphatic rings. The third-order valence-electron chi connectivity index (χ3n) is 2.90. The molecule has 0 heterocycles. The summed E-state index contributed by atoms with van der Waals surface area (Å²) in [5, 5.41) is 8.38. The van der Waals surface area contributed by atoms with Crippen LogP contribution in [0.3, 0.4) is 0 Å². The standard InChI is InChI=1S/C10H14.C7H6O2/c1-3-9-7-5-6-8-10(9)4-2;8-7(9)6-4-2-1-3-5-6/h5-8H,3-4H2,1-2H3;1-5H,(H,8,9). The van der Waals surface area contributed by atoms with Gasteiger partial charge in [0.2, 0.25) is 0 Å². The molecular formula is C17H20O2. The van der Waals surface area contributed by atoms with Crippen LogP contribution in [0.2, 0.25) is 0 Å². The highest BCUT2D eigenvalue weighted by Crippen LogP contribution is 2.08. The van der Waals surface area contributed by atoms with Crippen molar-refractivity contribution < 1.29 is 9.90 Å². The number of aryl methyl sites for hydroxylation is 2. The SMILES string of the molecule is CCc1ccccc1CC.O=C(O)c1ccccc1. The van der Waals surface area contributed by atoms with Crippen molar-refractivity contribution in [3.05, 3.63) is 71.3 Å². The van der Waals surface area contributed by atoms with E-state index in [1.165, 1.54) is 11.1 Å². The molecule has 1 N–H and O–H groups in total. The molecular weight excluding hydrogens is 236 g/mol. The van der Waals surface area contributed by atoms with Gasteiger partial charge >= 0.3 is 5.97 Å². The number of carboxylic acids is 1. The summed E-state index contributed by atoms with van der Waals surface area (Å²) in [5.74, 6) is -0.879. The summed E-state index contributed by atoms with van der Waals surface area (Å²) in [6, 6.07) is 16.9. The van der Waals surface area contributed by atoms with Crippen molar-refractivity contribution in [2.24, 2.45) is 0 Å². The van der Waals surface area contributed by atoms with Gasteiger partial charge in [-0.1, -0.05) is 56.3 Å². The summed E-state index contributed by atoms with van der Waals surface area (Å²) < 4.78 is 0. The van der Waals surface area contributed by atoms with Crippen LogP contribution in [0.4, 0.5) is 0 Å². The van der Waals surface area contributed by atoms with Crippen molar-refractivity contribution >= 4 is 5.97 Å². The Morgan fingerprint density at radius 3 is 1.58 bits per heavy atom. The van der Waals surface area contributed by atoms with Gasteiger partial charge in [-0.25, -0.2) is 4.79 Å². The molecule has 0 radical (unpaired) electrons. The number of hydrogen-bond acceptors (Lipinski definition) is 1. The van der Waals surface area contributed by atoms with E-state index in [4.69, 9.17) is 5.11 Å². The van der Waals surface area contributed by atoms with Crippen LogP contribution in [0, 0.1) is 0 Å². The van der Waals surface area contributed by atoms with Crippen molar-refractivity contribution in [3.63, 3.8) is 0 Å². The molecule has 0 spiro atoms. The summed E-state index contributed by atoms with van der Waals surface area (Å²) in [5.41, 5.74) is 3.31. The molecule has 0 aliphatic heterocycles. The molecule has 2 aromatic rings. The average molecular weight is 256 g/mol. The highest BCUT2D eigenvalue weighted by atomic mass is 16.4. The van der Waals surface area contributed by atoms with Gasteiger partial charge in [0, 0.05) is 0 Å². The minimum absolute atomic E-state index is 0.331. The maximum absolute atomic E-state index is 10.2. The molecule has 0 saturated carbocycles. The smallest absolute Gasteiger partial charge is 0.335 e. The van der Waals surface area contributed by atoms with E-state index in [1.54, 1.807) is 30.3 Å². The maximum Gasteiger partial charge on any atom is 0.335 e. The second-order valence-electron chi connectivity index (χ2n) is 4.15. The van der Waals surface area contributed by atoms with Crippen LogP contribution in [0.15, 0.2) is 54.6 Å². The van der Waals surface area contributed by atoms with E-state index in [1.807, 2.05) is 0 Å². The summed E-state index contributed by atoms with van der Waals surface area (Å²) in [6.45, 7) is 4.41. The number of rotatable bonds is 3. The third kappa shape index (κ3) is 4.96. The zero-order chi connectivity index (χ0) is 14.1. The lowest BCUT2D eigenvalue weighted by molar-refractivity contribution is 0.0697. The van der Waals surface area contributed by atoms with Crippen molar-refractivity contribution in [2.45, 2.75) is 26.7 Å². The van der Waals surface area contributed by atoms with Crippen LogP contribution in [0.25, 0.3) is 0 Å². The molecule has 19 heavy (non-hydrogen) atoms. The normalized spacial score (nSPS) is 9.37. The van der Waals surface area contributed by atoms with Crippen molar-refractivity contribution in [1.82, 2.24) is 0 Å². The van der Waals surface area contributed by atoms with Crippen molar-refractivity contribution in [2.75, 3.05) is 0 Å². The van der Waals surface area contributed by atoms with E-state index in [0.29, 0.717) is 5.56 Å². The molecule has 2 heteroatoms. The summed E-state index contributed by atoms with van der Waals surface area (Å²) >= 11 is 0. The molecule has 0 atom stereocenters. The lowest BCUT2D eigenvalue weighted by Gasteiger charge is -2.02. The maximum atomic E-state index is 10.2. The second kappa shape index (κ2) is 8.09. The highest BCUT2D eigenvalue weighted by Gasteiger charge is 1.96. The molecule has 0 aromatic heterocycles. The Balaban J connectivity index is 0.000000191. The van der Waals surface area contributed by atoms with Crippen LogP contribution >= 0.6 is 0 Å². The lowest BCUT2D eigenvalue weighted by atomic mass is 10.0. The summed E-state index contributed by atoms with van der Waals surface area (Å²) in [7, 11) is 0. The fraction of sp³-hybridized carbons (Fsp3) is 0.235. The number of carboxylic acid groups (broad SMARTS) is 1. The Morgan fingerprint density at radius 2 is 1.26 bits per heavy atom. The highest BCUT2D eigenvalue weighted by molar-refractivity contribution is 5.87. The quantitative estimate of drug-likeness (QED) is 0.893. The Kier molecular flexibility index (Phi) is 6.37. The van der Waals surface area contributed by atoms with E-state index in [9.17, 15) is 4.79 Å². The molecule has 100 valence electrons. The lowest BCUT2D eigenvalue weighted by Crippen LogP contribution is -1.93. The minimum Gasteiger partial charge on any atom is -0.478 e. The largest absolute Gasteiger partial charge is 0.478 e. The molecule has 0 amide bonds. The molecule has 2 aromatic carbocycles. The Bertz CT molecular complexity index is 481. The Morgan fingerprint density at radius 1 is 0.842 bits per heavy atom. The minimum atomic E-state index is -0.879. The number of hydrogen-bond donors (Lipinski definition) is 1. The van der Waals surface area contributed by atoms with Crippen LogP contribution in [0.5, 0.6) is 0 Å². The first-order valence-corrected chi connectivity index (χ1v) is 6.54. The first-order valence-electron chi connectivity index (χ1n) is 6.54. The van der Waals surface area contributed by atoms with Gasteiger partial charge in [0.1, 0.15) is 0 Å². The fourth-order valence-electron chi connectivity index (χ4n) is 1.83. The van der Waals surface area contributed by atoms with Crippen LogP contribution < -0.4 is 0 Å². The molecule has 0 bridgehead atoms. The molecule has 2 rings (SSSR count). The molecule has 0 saturated heterocycles. The first-order chi connectivity index (χ1) is 9.19. The topological polar surface area (TPSA) is 37.3 Å². The van der Waals surface area contributed by atoms with Gasteiger partial charge in [-0.15, -0.1) is 0 Å². The monoisotopic (exact) mass is 256 g/mol. The van der Waals surface area contributed by atoms with Gasteiger partial charge in [-0.3, -0.25) is 0 Å². The molecule has 0 aliphatic carbocycles. The van der Waals surface area contributed by atoms with Gasteiger partial charge in [-0.05, 0) is 36.1 Å². The van der Waals surface area contributed by atoms with E-state index < -0.39 is 5.97 Å². The zero-order valence-electron chi connectivity index (χ0n) is 11.5. The van der Waals surface area contributed by atoms with E-state index in [-0.39, 0.29) is 0 Å². The van der Waals surface area contributed by atoms with Crippen molar-refractivity contribution in [1.29, 1.82) is 0 Å². The van der Waals surface area contributed by atoms with E-state index in [0.717, 1.165) is 12.8 Å². The Hall–Kier alpha value is -2.09. The number of carbonyl (C=O) groups is 1. The third-order valence-corrected chi connectivity index (χ3v) is 2.90. The number of aromatic carboxylic acids is 1. The predicted molar refractivity (Wildman–Crippen MR) is 78.6 cm³/mol. The second-order valence-corrected chi connectivity index (χ2v) is 4.15. The summed E-state index contributed by atoms with van der Waals surface area (Å²) in [6.07, 6.45) is 2.31. The predicted octanol–water partition coefficient (Wildman–Crippen LogP) is 4.20. The first kappa shape index (κ1) is 15.0. The van der Waals surface area contributed by atoms with E-state index >= 15 is 0 Å². The van der Waals surface area contributed by atoms with Crippen LogP contribution in [-0.4, -0.2) is 11.1 Å². The zero-order valence-corrected chi connectivity index (χ0v) is 11.5.